The van der Waals surface area contributed by atoms with E-state index in [1.54, 1.807) is 30.3 Å². The van der Waals surface area contributed by atoms with E-state index in [0.717, 1.165) is 34.8 Å². The first-order valence-electron chi connectivity index (χ1n) is 7.57. The third-order valence-electron chi connectivity index (χ3n) is 3.48. The largest absolute Gasteiger partial charge is 0.416 e. The Bertz CT molecular complexity index is 851. The minimum Gasteiger partial charge on any atom is -0.326 e. The van der Waals surface area contributed by atoms with Crippen molar-refractivity contribution in [1.29, 1.82) is 0 Å². The zero-order valence-electron chi connectivity index (χ0n) is 13.8. The van der Waals surface area contributed by atoms with E-state index in [1.165, 1.54) is 0 Å². The van der Waals surface area contributed by atoms with Crippen LogP contribution in [-0.2, 0) is 21.0 Å². The van der Waals surface area contributed by atoms with Gasteiger partial charge >= 0.3 is 6.18 Å². The van der Waals surface area contributed by atoms with E-state index in [0.29, 0.717) is 5.69 Å². The molecule has 26 heavy (non-hydrogen) atoms. The number of amides is 1. The fraction of sp³-hybridized carbons (Fsp3) is 0.235. The van der Waals surface area contributed by atoms with Crippen LogP contribution in [0.15, 0.2) is 54.6 Å². The van der Waals surface area contributed by atoms with Crippen molar-refractivity contribution in [3.05, 3.63) is 60.2 Å². The van der Waals surface area contributed by atoms with Gasteiger partial charge in [0.25, 0.3) is 0 Å². The molecule has 2 aromatic rings. The molecule has 2 aromatic carbocycles. The van der Waals surface area contributed by atoms with Crippen molar-refractivity contribution in [2.24, 2.45) is 0 Å². The fourth-order valence-electron chi connectivity index (χ4n) is 2.25. The Morgan fingerprint density at radius 3 is 2.12 bits per heavy atom. The number of nitrogens with one attached hydrogen (secondary N) is 1. The molecule has 2 rings (SSSR count). The molecule has 0 bridgehead atoms. The number of rotatable bonds is 6. The number of halogens is 3. The summed E-state index contributed by atoms with van der Waals surface area (Å²) in [6, 6.07) is 12.3. The number of hydrogen-bond acceptors (Lipinski definition) is 3. The average Bonchev–Trinajstić information content (AvgIpc) is 2.54. The first-order chi connectivity index (χ1) is 12.1. The molecular formula is C17H17F3N2O3S. The number of benzene rings is 2. The molecule has 0 aromatic heterocycles. The third kappa shape index (κ3) is 5.48. The van der Waals surface area contributed by atoms with E-state index < -0.39 is 27.7 Å². The second-order valence-electron chi connectivity index (χ2n) is 5.54. The van der Waals surface area contributed by atoms with E-state index in [-0.39, 0.29) is 18.7 Å². The number of sulfonamides is 1. The Balaban J connectivity index is 2.00. The van der Waals surface area contributed by atoms with Crippen LogP contribution in [0.1, 0.15) is 12.0 Å². The number of para-hydroxylation sites is 1. The topological polar surface area (TPSA) is 66.5 Å². The fourth-order valence-corrected chi connectivity index (χ4v) is 3.18. The molecule has 0 saturated heterocycles. The van der Waals surface area contributed by atoms with E-state index in [4.69, 9.17) is 0 Å². The molecule has 1 amide bonds. The normalized spacial score (nSPS) is 11.8. The number of carbonyl (C=O) groups excluding carboxylic acids is 1. The van der Waals surface area contributed by atoms with Crippen LogP contribution in [-0.4, -0.2) is 27.1 Å². The molecule has 0 aliphatic carbocycles. The zero-order valence-corrected chi connectivity index (χ0v) is 14.6. The molecule has 0 aliphatic heterocycles. The molecule has 0 fully saturated rings. The highest BCUT2D eigenvalue weighted by Crippen LogP contribution is 2.29. The Morgan fingerprint density at radius 1 is 1.04 bits per heavy atom. The van der Waals surface area contributed by atoms with Crippen molar-refractivity contribution in [3.8, 4) is 0 Å². The average molecular weight is 386 g/mol. The molecule has 0 atom stereocenters. The summed E-state index contributed by atoms with van der Waals surface area (Å²) in [6.45, 7) is -0.0880. The zero-order chi connectivity index (χ0) is 19.4. The number of anilines is 2. The lowest BCUT2D eigenvalue weighted by molar-refractivity contribution is -0.137. The van der Waals surface area contributed by atoms with Gasteiger partial charge in [-0.05, 0) is 36.4 Å². The van der Waals surface area contributed by atoms with Crippen molar-refractivity contribution in [1.82, 2.24) is 0 Å². The number of nitrogens with zero attached hydrogens (tertiary/aromatic N) is 1. The second kappa shape index (κ2) is 7.77. The Labute approximate surface area is 149 Å². The highest BCUT2D eigenvalue weighted by Gasteiger charge is 2.30. The van der Waals surface area contributed by atoms with Gasteiger partial charge in [0, 0.05) is 18.7 Å². The van der Waals surface area contributed by atoms with Crippen LogP contribution in [0.3, 0.4) is 0 Å². The van der Waals surface area contributed by atoms with Crippen LogP contribution >= 0.6 is 0 Å². The van der Waals surface area contributed by atoms with E-state index >= 15 is 0 Å². The van der Waals surface area contributed by atoms with Gasteiger partial charge in [0.05, 0.1) is 17.5 Å². The Kier molecular flexibility index (Phi) is 5.91. The number of hydrogen-bond donors (Lipinski definition) is 1. The van der Waals surface area contributed by atoms with Gasteiger partial charge in [-0.2, -0.15) is 13.2 Å². The smallest absolute Gasteiger partial charge is 0.326 e. The molecule has 0 radical (unpaired) electrons. The van der Waals surface area contributed by atoms with Gasteiger partial charge in [0.2, 0.25) is 15.9 Å². The van der Waals surface area contributed by atoms with Crippen molar-refractivity contribution in [2.75, 3.05) is 22.4 Å². The van der Waals surface area contributed by atoms with Gasteiger partial charge in [-0.25, -0.2) is 8.42 Å². The molecule has 140 valence electrons. The molecular weight excluding hydrogens is 369 g/mol. The van der Waals surface area contributed by atoms with Crippen LogP contribution in [0.25, 0.3) is 0 Å². The van der Waals surface area contributed by atoms with E-state index in [9.17, 15) is 26.4 Å². The highest BCUT2D eigenvalue weighted by atomic mass is 32.2. The summed E-state index contributed by atoms with van der Waals surface area (Å²) >= 11 is 0. The SMILES string of the molecule is CS(=O)(=O)N(CCC(=O)Nc1ccc(C(F)(F)F)cc1)c1ccccc1. The monoisotopic (exact) mass is 386 g/mol. The van der Waals surface area contributed by atoms with Crippen LogP contribution < -0.4 is 9.62 Å². The quantitative estimate of drug-likeness (QED) is 0.826. The summed E-state index contributed by atoms with van der Waals surface area (Å²) in [6.07, 6.45) is -3.56. The van der Waals surface area contributed by atoms with Gasteiger partial charge in [-0.15, -0.1) is 0 Å². The minimum atomic E-state index is -4.45. The van der Waals surface area contributed by atoms with Crippen LogP contribution in [0.4, 0.5) is 24.5 Å². The van der Waals surface area contributed by atoms with Gasteiger partial charge in [-0.3, -0.25) is 9.10 Å². The predicted octanol–water partition coefficient (Wildman–Crippen LogP) is 3.50. The first-order valence-corrected chi connectivity index (χ1v) is 9.42. The van der Waals surface area contributed by atoms with Crippen molar-refractivity contribution in [2.45, 2.75) is 12.6 Å². The molecule has 0 unspecified atom stereocenters. The van der Waals surface area contributed by atoms with Crippen molar-refractivity contribution < 1.29 is 26.4 Å². The molecule has 0 heterocycles. The molecule has 9 heteroatoms. The van der Waals surface area contributed by atoms with Gasteiger partial charge < -0.3 is 5.32 Å². The summed E-state index contributed by atoms with van der Waals surface area (Å²) in [4.78, 5) is 12.0. The Hall–Kier alpha value is -2.55. The maximum absolute atomic E-state index is 12.5. The number of alkyl halides is 3. The lowest BCUT2D eigenvalue weighted by Gasteiger charge is -2.22. The van der Waals surface area contributed by atoms with Gasteiger partial charge in [0.15, 0.2) is 0 Å². The third-order valence-corrected chi connectivity index (χ3v) is 4.68. The molecule has 5 nitrogen and oxygen atoms in total. The van der Waals surface area contributed by atoms with Crippen LogP contribution in [0.5, 0.6) is 0 Å². The summed E-state index contributed by atoms with van der Waals surface area (Å²) in [5.41, 5.74) is -0.186. The Morgan fingerprint density at radius 2 is 1.62 bits per heavy atom. The standard InChI is InChI=1S/C17H17F3N2O3S/c1-26(24,25)22(15-5-3-2-4-6-15)12-11-16(23)21-14-9-7-13(8-10-14)17(18,19)20/h2-10H,11-12H2,1H3,(H,21,23). The van der Waals surface area contributed by atoms with Gasteiger partial charge in [-0.1, -0.05) is 18.2 Å². The lowest BCUT2D eigenvalue weighted by atomic mass is 10.2. The van der Waals surface area contributed by atoms with E-state index in [2.05, 4.69) is 5.32 Å². The van der Waals surface area contributed by atoms with Crippen molar-refractivity contribution in [3.63, 3.8) is 0 Å². The summed E-state index contributed by atoms with van der Waals surface area (Å²) in [5.74, 6) is -0.505. The van der Waals surface area contributed by atoms with E-state index in [1.807, 2.05) is 0 Å². The highest BCUT2D eigenvalue weighted by molar-refractivity contribution is 7.92. The molecule has 0 saturated carbocycles. The molecule has 0 spiro atoms. The van der Waals surface area contributed by atoms with Crippen molar-refractivity contribution >= 4 is 27.3 Å². The summed E-state index contributed by atoms with van der Waals surface area (Å²) in [7, 11) is -3.58. The molecule has 0 aliphatic rings. The molecule has 1 N–H and O–H groups in total. The predicted molar refractivity (Wildman–Crippen MR) is 93.3 cm³/mol. The maximum atomic E-state index is 12.5. The lowest BCUT2D eigenvalue weighted by Crippen LogP contribution is -2.33. The first kappa shape index (κ1) is 19.8. The number of carbonyl (C=O) groups is 1. The second-order valence-corrected chi connectivity index (χ2v) is 7.45. The minimum absolute atomic E-state index is 0.0880. The van der Waals surface area contributed by atoms with Crippen LogP contribution in [0.2, 0.25) is 0 Å². The summed E-state index contributed by atoms with van der Waals surface area (Å²) < 4.78 is 62.5. The summed E-state index contributed by atoms with van der Waals surface area (Å²) in [5, 5.41) is 2.45. The maximum Gasteiger partial charge on any atom is 0.416 e. The van der Waals surface area contributed by atoms with Gasteiger partial charge in [0.1, 0.15) is 0 Å². The van der Waals surface area contributed by atoms with Crippen LogP contribution in [0, 0.1) is 0 Å².